The normalized spacial score (nSPS) is 18.2. The third kappa shape index (κ3) is 4.57. The van der Waals surface area contributed by atoms with Crippen LogP contribution in [-0.4, -0.2) is 40.1 Å². The first-order chi connectivity index (χ1) is 12.5. The third-order valence-corrected chi connectivity index (χ3v) is 6.36. The minimum Gasteiger partial charge on any atom is -0.497 e. The van der Waals surface area contributed by atoms with Crippen LogP contribution in [0.15, 0.2) is 53.4 Å². The maximum atomic E-state index is 12.4. The van der Waals surface area contributed by atoms with Crippen molar-refractivity contribution in [2.75, 3.05) is 26.7 Å². The number of halogens is 1. The van der Waals surface area contributed by atoms with E-state index in [1.807, 2.05) is 12.1 Å². The van der Waals surface area contributed by atoms with Gasteiger partial charge in [-0.25, -0.2) is 13.1 Å². The van der Waals surface area contributed by atoms with Crippen molar-refractivity contribution in [3.8, 4) is 5.75 Å². The second-order valence-electron chi connectivity index (χ2n) is 6.32. The van der Waals surface area contributed by atoms with Gasteiger partial charge >= 0.3 is 0 Å². The van der Waals surface area contributed by atoms with Crippen molar-refractivity contribution in [3.05, 3.63) is 59.1 Å². The Balaban J connectivity index is 1.59. The van der Waals surface area contributed by atoms with Crippen LogP contribution in [0.25, 0.3) is 0 Å². The molecule has 1 fully saturated rings. The number of ether oxygens (including phenoxy) is 1. The van der Waals surface area contributed by atoms with Gasteiger partial charge in [0.25, 0.3) is 0 Å². The molecule has 140 valence electrons. The minimum absolute atomic E-state index is 0.193. The average Bonchev–Trinajstić information content (AvgIpc) is 3.10. The first kappa shape index (κ1) is 19.2. The molecule has 26 heavy (non-hydrogen) atoms. The predicted octanol–water partition coefficient (Wildman–Crippen LogP) is 3.46. The number of hydrogen-bond donors (Lipinski definition) is 1. The van der Waals surface area contributed by atoms with Crippen molar-refractivity contribution < 1.29 is 13.2 Å². The van der Waals surface area contributed by atoms with Crippen LogP contribution in [-0.2, 0) is 10.0 Å². The highest BCUT2D eigenvalue weighted by molar-refractivity contribution is 7.89. The Morgan fingerprint density at radius 3 is 2.69 bits per heavy atom. The maximum Gasteiger partial charge on any atom is 0.240 e. The minimum atomic E-state index is -3.54. The predicted molar refractivity (Wildman–Crippen MR) is 103 cm³/mol. The van der Waals surface area contributed by atoms with Crippen LogP contribution in [0.1, 0.15) is 24.4 Å². The van der Waals surface area contributed by atoms with Crippen molar-refractivity contribution in [1.29, 1.82) is 0 Å². The van der Waals surface area contributed by atoms with Crippen molar-refractivity contribution in [3.63, 3.8) is 0 Å². The van der Waals surface area contributed by atoms with Gasteiger partial charge in [-0.15, -0.1) is 0 Å². The quantitative estimate of drug-likeness (QED) is 0.781. The molecule has 0 aliphatic carbocycles. The summed E-state index contributed by atoms with van der Waals surface area (Å²) in [5.74, 6) is 0.840. The summed E-state index contributed by atoms with van der Waals surface area (Å²) < 4.78 is 32.6. The molecular formula is C19H23ClN2O3S. The zero-order valence-electron chi connectivity index (χ0n) is 14.7. The van der Waals surface area contributed by atoms with Crippen LogP contribution < -0.4 is 9.46 Å². The van der Waals surface area contributed by atoms with E-state index in [4.69, 9.17) is 16.3 Å². The molecule has 1 unspecified atom stereocenters. The molecule has 0 amide bonds. The standard InChI is InChI=1S/C19H23ClN2O3S/c1-25-17-9-7-15(8-10-17)19-6-3-12-22(19)13-11-21-26(23,24)18-5-2-4-16(20)14-18/h2,4-5,7-10,14,19,21H,3,6,11-13H2,1H3. The second kappa shape index (κ2) is 8.39. The van der Waals surface area contributed by atoms with E-state index < -0.39 is 10.0 Å². The van der Waals surface area contributed by atoms with Crippen molar-refractivity contribution >= 4 is 21.6 Å². The maximum absolute atomic E-state index is 12.4. The average molecular weight is 395 g/mol. The molecule has 0 spiro atoms. The largest absolute Gasteiger partial charge is 0.497 e. The Morgan fingerprint density at radius 1 is 1.23 bits per heavy atom. The number of nitrogens with one attached hydrogen (secondary N) is 1. The molecule has 1 saturated heterocycles. The highest BCUT2D eigenvalue weighted by atomic mass is 35.5. The molecule has 3 rings (SSSR count). The first-order valence-electron chi connectivity index (χ1n) is 8.63. The molecular weight excluding hydrogens is 372 g/mol. The number of sulfonamides is 1. The molecule has 5 nitrogen and oxygen atoms in total. The fourth-order valence-electron chi connectivity index (χ4n) is 3.34. The van der Waals surface area contributed by atoms with Crippen LogP contribution >= 0.6 is 11.6 Å². The van der Waals surface area contributed by atoms with Gasteiger partial charge in [0.1, 0.15) is 5.75 Å². The molecule has 1 aliphatic heterocycles. The van der Waals surface area contributed by atoms with E-state index in [9.17, 15) is 8.42 Å². The van der Waals surface area contributed by atoms with Crippen molar-refractivity contribution in [2.45, 2.75) is 23.8 Å². The molecule has 1 heterocycles. The molecule has 2 aromatic carbocycles. The monoisotopic (exact) mass is 394 g/mol. The molecule has 0 saturated carbocycles. The van der Waals surface area contributed by atoms with E-state index in [-0.39, 0.29) is 4.90 Å². The number of hydrogen-bond acceptors (Lipinski definition) is 4. The zero-order chi connectivity index (χ0) is 18.6. The first-order valence-corrected chi connectivity index (χ1v) is 10.5. The van der Waals surface area contributed by atoms with Gasteiger partial charge in [0, 0.05) is 24.2 Å². The molecule has 1 aliphatic rings. The molecule has 0 bridgehead atoms. The Bertz CT molecular complexity index is 840. The topological polar surface area (TPSA) is 58.6 Å². The lowest BCUT2D eigenvalue weighted by atomic mass is 10.0. The van der Waals surface area contributed by atoms with Gasteiger partial charge in [-0.2, -0.15) is 0 Å². The summed E-state index contributed by atoms with van der Waals surface area (Å²) >= 11 is 5.89. The summed E-state index contributed by atoms with van der Waals surface area (Å²) in [6.45, 7) is 1.99. The Morgan fingerprint density at radius 2 is 2.00 bits per heavy atom. The molecule has 1 atom stereocenters. The van der Waals surface area contributed by atoms with Gasteiger partial charge in [0.05, 0.1) is 12.0 Å². The third-order valence-electron chi connectivity index (χ3n) is 4.66. The summed E-state index contributed by atoms with van der Waals surface area (Å²) in [7, 11) is -1.89. The highest BCUT2D eigenvalue weighted by Crippen LogP contribution is 2.32. The van der Waals surface area contributed by atoms with Gasteiger partial charge in [-0.3, -0.25) is 4.90 Å². The summed E-state index contributed by atoms with van der Waals surface area (Å²) in [5.41, 5.74) is 1.24. The highest BCUT2D eigenvalue weighted by Gasteiger charge is 2.26. The molecule has 0 radical (unpaired) electrons. The van der Waals surface area contributed by atoms with Crippen molar-refractivity contribution in [2.24, 2.45) is 0 Å². The van der Waals surface area contributed by atoms with E-state index in [1.165, 1.54) is 11.6 Å². The van der Waals surface area contributed by atoms with E-state index in [2.05, 4.69) is 21.8 Å². The van der Waals surface area contributed by atoms with E-state index in [1.54, 1.807) is 25.3 Å². The Hall–Kier alpha value is -1.60. The number of rotatable bonds is 7. The number of likely N-dealkylation sites (tertiary alicyclic amines) is 1. The molecule has 0 aromatic heterocycles. The summed E-state index contributed by atoms with van der Waals surface area (Å²) in [4.78, 5) is 2.51. The van der Waals surface area contributed by atoms with Crippen LogP contribution in [0.4, 0.5) is 0 Å². The van der Waals surface area contributed by atoms with Crippen molar-refractivity contribution in [1.82, 2.24) is 9.62 Å². The van der Waals surface area contributed by atoms with Crippen LogP contribution in [0, 0.1) is 0 Å². The summed E-state index contributed by atoms with van der Waals surface area (Å²) in [5, 5.41) is 0.409. The van der Waals surface area contributed by atoms with Crippen LogP contribution in [0.3, 0.4) is 0 Å². The Labute approximate surface area is 160 Å². The van der Waals surface area contributed by atoms with Gasteiger partial charge < -0.3 is 4.74 Å². The van der Waals surface area contributed by atoms with E-state index in [0.717, 1.165) is 25.1 Å². The second-order valence-corrected chi connectivity index (χ2v) is 8.53. The fraction of sp³-hybridized carbons (Fsp3) is 0.368. The number of nitrogens with zero attached hydrogens (tertiary/aromatic N) is 1. The summed E-state index contributed by atoms with van der Waals surface area (Å²) in [6.07, 6.45) is 2.19. The zero-order valence-corrected chi connectivity index (χ0v) is 16.3. The number of benzene rings is 2. The summed E-state index contributed by atoms with van der Waals surface area (Å²) in [6, 6.07) is 14.7. The van der Waals surface area contributed by atoms with E-state index >= 15 is 0 Å². The fourth-order valence-corrected chi connectivity index (χ4v) is 4.66. The van der Waals surface area contributed by atoms with Crippen LogP contribution in [0.5, 0.6) is 5.75 Å². The Kier molecular flexibility index (Phi) is 6.19. The smallest absolute Gasteiger partial charge is 0.240 e. The van der Waals surface area contributed by atoms with Gasteiger partial charge in [0.2, 0.25) is 10.0 Å². The van der Waals surface area contributed by atoms with E-state index in [0.29, 0.717) is 24.2 Å². The lowest BCUT2D eigenvalue weighted by Gasteiger charge is -2.25. The number of methoxy groups -OCH3 is 1. The molecule has 1 N–H and O–H groups in total. The molecule has 7 heteroatoms. The molecule has 2 aromatic rings. The van der Waals surface area contributed by atoms with Gasteiger partial charge in [0.15, 0.2) is 0 Å². The van der Waals surface area contributed by atoms with Gasteiger partial charge in [-0.05, 0) is 55.3 Å². The van der Waals surface area contributed by atoms with Gasteiger partial charge in [-0.1, -0.05) is 29.8 Å². The lowest BCUT2D eigenvalue weighted by Crippen LogP contribution is -2.34. The van der Waals surface area contributed by atoms with Crippen LogP contribution in [0.2, 0.25) is 5.02 Å². The SMILES string of the molecule is COc1ccc(C2CCCN2CCNS(=O)(=O)c2cccc(Cl)c2)cc1. The lowest BCUT2D eigenvalue weighted by molar-refractivity contribution is 0.261.